The SMILES string of the molecule is COc1cccc(CN2C(=O)c3cc(C4CC4)nn3CC2(C)C(=O)NC2CCCCCC2)c1. The highest BCUT2D eigenvalue weighted by molar-refractivity contribution is 5.99. The second-order valence-corrected chi connectivity index (χ2v) is 10.1. The minimum absolute atomic E-state index is 0.0835. The van der Waals surface area contributed by atoms with Crippen molar-refractivity contribution in [2.75, 3.05) is 7.11 Å². The van der Waals surface area contributed by atoms with E-state index in [1.54, 1.807) is 16.7 Å². The molecular weight excluding hydrogens is 416 g/mol. The monoisotopic (exact) mass is 450 g/mol. The smallest absolute Gasteiger partial charge is 0.273 e. The number of methoxy groups -OCH3 is 1. The van der Waals surface area contributed by atoms with Gasteiger partial charge in [0.1, 0.15) is 17.0 Å². The molecule has 3 aliphatic rings. The van der Waals surface area contributed by atoms with Gasteiger partial charge in [0.2, 0.25) is 5.91 Å². The number of ether oxygens (including phenoxy) is 1. The Labute approximate surface area is 195 Å². The second kappa shape index (κ2) is 8.84. The molecule has 0 spiro atoms. The van der Waals surface area contributed by atoms with E-state index in [9.17, 15) is 9.59 Å². The summed E-state index contributed by atoms with van der Waals surface area (Å²) in [7, 11) is 1.63. The van der Waals surface area contributed by atoms with Crippen LogP contribution in [0.5, 0.6) is 5.75 Å². The van der Waals surface area contributed by atoms with Gasteiger partial charge in [-0.15, -0.1) is 0 Å². The third kappa shape index (κ3) is 4.37. The lowest BCUT2D eigenvalue weighted by atomic mass is 9.93. The van der Waals surface area contributed by atoms with Gasteiger partial charge in [-0.05, 0) is 56.4 Å². The number of benzene rings is 1. The predicted octanol–water partition coefficient (Wildman–Crippen LogP) is 4.02. The van der Waals surface area contributed by atoms with E-state index < -0.39 is 5.54 Å². The molecule has 1 atom stereocenters. The summed E-state index contributed by atoms with van der Waals surface area (Å²) in [6.45, 7) is 2.59. The molecule has 2 heterocycles. The van der Waals surface area contributed by atoms with Crippen LogP contribution in [0.4, 0.5) is 0 Å². The van der Waals surface area contributed by atoms with Crippen LogP contribution in [0.15, 0.2) is 30.3 Å². The van der Waals surface area contributed by atoms with Crippen molar-refractivity contribution in [3.8, 4) is 5.75 Å². The van der Waals surface area contributed by atoms with E-state index >= 15 is 0 Å². The summed E-state index contributed by atoms with van der Waals surface area (Å²) in [6, 6.07) is 9.81. The summed E-state index contributed by atoms with van der Waals surface area (Å²) < 4.78 is 7.15. The molecule has 2 fully saturated rings. The Kier molecular flexibility index (Phi) is 5.89. The summed E-state index contributed by atoms with van der Waals surface area (Å²) in [5, 5.41) is 8.04. The number of hydrogen-bond acceptors (Lipinski definition) is 4. The minimum atomic E-state index is -1.02. The molecule has 5 rings (SSSR count). The number of carbonyl (C=O) groups is 2. The molecule has 0 saturated heterocycles. The van der Waals surface area contributed by atoms with Crippen LogP contribution in [-0.2, 0) is 17.9 Å². The lowest BCUT2D eigenvalue weighted by Crippen LogP contribution is -2.64. The first-order valence-corrected chi connectivity index (χ1v) is 12.3. The number of rotatable bonds is 6. The van der Waals surface area contributed by atoms with Crippen molar-refractivity contribution in [2.45, 2.75) is 88.9 Å². The third-order valence-corrected chi connectivity index (χ3v) is 7.47. The van der Waals surface area contributed by atoms with Crippen molar-refractivity contribution in [3.63, 3.8) is 0 Å². The summed E-state index contributed by atoms with van der Waals surface area (Å²) >= 11 is 0. The molecule has 1 aromatic heterocycles. The Morgan fingerprint density at radius 2 is 1.91 bits per heavy atom. The van der Waals surface area contributed by atoms with Gasteiger partial charge in [-0.3, -0.25) is 14.3 Å². The lowest BCUT2D eigenvalue weighted by molar-refractivity contribution is -0.134. The highest BCUT2D eigenvalue weighted by Gasteiger charge is 2.48. The summed E-state index contributed by atoms with van der Waals surface area (Å²) in [6.07, 6.45) is 8.99. The average Bonchev–Trinajstić information content (AvgIpc) is 3.62. The maximum Gasteiger partial charge on any atom is 0.273 e. The fourth-order valence-electron chi connectivity index (χ4n) is 5.21. The number of nitrogens with one attached hydrogen (secondary N) is 1. The zero-order valence-corrected chi connectivity index (χ0v) is 19.7. The Morgan fingerprint density at radius 3 is 2.61 bits per heavy atom. The van der Waals surface area contributed by atoms with Gasteiger partial charge in [0.15, 0.2) is 0 Å². The van der Waals surface area contributed by atoms with Crippen LogP contribution in [0.25, 0.3) is 0 Å². The topological polar surface area (TPSA) is 76.5 Å². The number of nitrogens with zero attached hydrogens (tertiary/aromatic N) is 3. The molecule has 1 unspecified atom stereocenters. The van der Waals surface area contributed by atoms with E-state index in [0.29, 0.717) is 24.7 Å². The predicted molar refractivity (Wildman–Crippen MR) is 125 cm³/mol. The van der Waals surface area contributed by atoms with Crippen LogP contribution in [0.1, 0.15) is 86.0 Å². The maximum atomic E-state index is 13.8. The van der Waals surface area contributed by atoms with Gasteiger partial charge >= 0.3 is 0 Å². The fraction of sp³-hybridized carbons (Fsp3) is 0.577. The second-order valence-electron chi connectivity index (χ2n) is 10.1. The highest BCUT2D eigenvalue weighted by Crippen LogP contribution is 2.41. The van der Waals surface area contributed by atoms with Crippen molar-refractivity contribution >= 4 is 11.8 Å². The molecule has 1 N–H and O–H groups in total. The van der Waals surface area contributed by atoms with Gasteiger partial charge in [-0.25, -0.2) is 0 Å². The first-order valence-electron chi connectivity index (χ1n) is 12.3. The zero-order valence-electron chi connectivity index (χ0n) is 19.7. The van der Waals surface area contributed by atoms with E-state index in [1.807, 2.05) is 37.3 Å². The van der Waals surface area contributed by atoms with Crippen molar-refractivity contribution in [1.29, 1.82) is 0 Å². The molecular formula is C26H34N4O3. The molecule has 0 bridgehead atoms. The van der Waals surface area contributed by atoms with Crippen LogP contribution >= 0.6 is 0 Å². The van der Waals surface area contributed by atoms with Crippen molar-refractivity contribution in [3.05, 3.63) is 47.3 Å². The quantitative estimate of drug-likeness (QED) is 0.675. The van der Waals surface area contributed by atoms with E-state index in [1.165, 1.54) is 12.8 Å². The number of aromatic nitrogens is 2. The average molecular weight is 451 g/mol. The van der Waals surface area contributed by atoms with Gasteiger partial charge in [-0.2, -0.15) is 5.10 Å². The van der Waals surface area contributed by atoms with Crippen LogP contribution < -0.4 is 10.1 Å². The fourth-order valence-corrected chi connectivity index (χ4v) is 5.21. The molecule has 2 aromatic rings. The molecule has 2 amide bonds. The normalized spacial score (nSPS) is 23.7. The molecule has 7 heteroatoms. The van der Waals surface area contributed by atoms with Gasteiger partial charge in [0.25, 0.3) is 5.91 Å². The number of carbonyl (C=O) groups excluding carboxylic acids is 2. The summed E-state index contributed by atoms with van der Waals surface area (Å²) in [4.78, 5) is 29.3. The number of fused-ring (bicyclic) bond motifs is 1. The lowest BCUT2D eigenvalue weighted by Gasteiger charge is -2.44. The Balaban J connectivity index is 1.47. The maximum absolute atomic E-state index is 13.8. The summed E-state index contributed by atoms with van der Waals surface area (Å²) in [5.74, 6) is 0.971. The van der Waals surface area contributed by atoms with Crippen LogP contribution in [0.2, 0.25) is 0 Å². The Bertz CT molecular complexity index is 1040. The molecule has 176 valence electrons. The minimum Gasteiger partial charge on any atom is -0.497 e. The number of hydrogen-bond donors (Lipinski definition) is 1. The van der Waals surface area contributed by atoms with Gasteiger partial charge < -0.3 is 15.0 Å². The van der Waals surface area contributed by atoms with Crippen LogP contribution in [0, 0.1) is 0 Å². The molecule has 2 aliphatic carbocycles. The van der Waals surface area contributed by atoms with Gasteiger partial charge in [0, 0.05) is 18.5 Å². The van der Waals surface area contributed by atoms with E-state index in [2.05, 4.69) is 5.32 Å². The number of amides is 2. The Hall–Kier alpha value is -2.83. The Morgan fingerprint density at radius 1 is 1.15 bits per heavy atom. The van der Waals surface area contributed by atoms with E-state index in [-0.39, 0.29) is 17.9 Å². The summed E-state index contributed by atoms with van der Waals surface area (Å²) in [5.41, 5.74) is 1.48. The third-order valence-electron chi connectivity index (χ3n) is 7.47. The van der Waals surface area contributed by atoms with Crippen molar-refractivity contribution in [1.82, 2.24) is 20.0 Å². The molecule has 7 nitrogen and oxygen atoms in total. The zero-order chi connectivity index (χ0) is 23.0. The van der Waals surface area contributed by atoms with Gasteiger partial charge in [0.05, 0.1) is 19.3 Å². The van der Waals surface area contributed by atoms with E-state index in [4.69, 9.17) is 9.84 Å². The first-order chi connectivity index (χ1) is 16.0. The molecule has 0 radical (unpaired) electrons. The standard InChI is InChI=1S/C26H34N4O3/c1-26(25(32)27-20-9-5-3-4-6-10-20)17-30-23(15-22(28-30)19-12-13-19)24(31)29(26)16-18-8-7-11-21(14-18)33-2/h7-8,11,14-15,19-20H,3-6,9-10,12-13,16-17H2,1-2H3,(H,27,32). The van der Waals surface area contributed by atoms with Crippen LogP contribution in [0.3, 0.4) is 0 Å². The largest absolute Gasteiger partial charge is 0.497 e. The first kappa shape index (κ1) is 22.0. The van der Waals surface area contributed by atoms with E-state index in [0.717, 1.165) is 55.5 Å². The highest BCUT2D eigenvalue weighted by atomic mass is 16.5. The molecule has 33 heavy (non-hydrogen) atoms. The molecule has 2 saturated carbocycles. The van der Waals surface area contributed by atoms with Crippen LogP contribution in [-0.4, -0.2) is 45.2 Å². The van der Waals surface area contributed by atoms with Crippen molar-refractivity contribution < 1.29 is 14.3 Å². The molecule has 1 aliphatic heterocycles. The van der Waals surface area contributed by atoms with Crippen molar-refractivity contribution in [2.24, 2.45) is 0 Å². The molecule has 1 aromatic carbocycles. The van der Waals surface area contributed by atoms with Gasteiger partial charge in [-0.1, -0.05) is 37.8 Å².